The van der Waals surface area contributed by atoms with Crippen LogP contribution in [0.3, 0.4) is 0 Å². The minimum atomic E-state index is 0.139. The van der Waals surface area contributed by atoms with Crippen LogP contribution >= 0.6 is 0 Å². The van der Waals surface area contributed by atoms with Crippen molar-refractivity contribution in [3.63, 3.8) is 0 Å². The molecule has 2 aromatic rings. The summed E-state index contributed by atoms with van der Waals surface area (Å²) in [5.41, 5.74) is 2.15. The van der Waals surface area contributed by atoms with E-state index in [1.807, 2.05) is 13.1 Å². The van der Waals surface area contributed by atoms with Gasteiger partial charge in [-0.05, 0) is 37.8 Å². The molecule has 2 fully saturated rings. The van der Waals surface area contributed by atoms with Crippen molar-refractivity contribution >= 4 is 17.2 Å². The zero-order valence-electron chi connectivity index (χ0n) is 14.8. The minimum absolute atomic E-state index is 0.139. The number of nitrogens with zero attached hydrogens (tertiary/aromatic N) is 3. The summed E-state index contributed by atoms with van der Waals surface area (Å²) in [6.45, 7) is 3.08. The highest BCUT2D eigenvalue weighted by Gasteiger charge is 2.31. The Morgan fingerprint density at radius 1 is 1.32 bits per heavy atom. The average molecular weight is 342 g/mol. The molecular weight excluding hydrogens is 316 g/mol. The monoisotopic (exact) mass is 342 g/mol. The van der Waals surface area contributed by atoms with Gasteiger partial charge in [-0.3, -0.25) is 4.79 Å². The molecule has 0 bridgehead atoms. The number of likely N-dealkylation sites (tertiary alicyclic amines) is 1. The fourth-order valence-corrected chi connectivity index (χ4v) is 4.07. The number of nitrogens with one attached hydrogen (secondary N) is 1. The number of piperidine rings is 1. The van der Waals surface area contributed by atoms with E-state index in [1.165, 1.54) is 0 Å². The molecule has 4 heterocycles. The third-order valence-corrected chi connectivity index (χ3v) is 5.49. The highest BCUT2D eigenvalue weighted by molar-refractivity contribution is 5.79. The van der Waals surface area contributed by atoms with Crippen molar-refractivity contribution in [3.8, 4) is 0 Å². The minimum Gasteiger partial charge on any atom is -0.381 e. The summed E-state index contributed by atoms with van der Waals surface area (Å²) in [4.78, 5) is 19.7. The van der Waals surface area contributed by atoms with Gasteiger partial charge in [0.1, 0.15) is 5.82 Å². The molecule has 0 aromatic carbocycles. The van der Waals surface area contributed by atoms with Gasteiger partial charge in [-0.2, -0.15) is 0 Å². The fourth-order valence-electron chi connectivity index (χ4n) is 4.07. The molecule has 134 valence electrons. The van der Waals surface area contributed by atoms with E-state index in [4.69, 9.17) is 9.72 Å². The molecule has 6 heteroatoms. The van der Waals surface area contributed by atoms with Crippen molar-refractivity contribution in [3.05, 3.63) is 30.2 Å². The number of amides is 1. The molecule has 6 nitrogen and oxygen atoms in total. The number of rotatable bonds is 3. The van der Waals surface area contributed by atoms with Crippen LogP contribution in [-0.2, 0) is 9.53 Å². The molecule has 2 aromatic heterocycles. The van der Waals surface area contributed by atoms with Crippen LogP contribution in [0.1, 0.15) is 37.3 Å². The van der Waals surface area contributed by atoms with Gasteiger partial charge < -0.3 is 19.4 Å². The highest BCUT2D eigenvalue weighted by atomic mass is 16.5. The van der Waals surface area contributed by atoms with Gasteiger partial charge in [0.15, 0.2) is 0 Å². The van der Waals surface area contributed by atoms with E-state index in [-0.39, 0.29) is 5.92 Å². The zero-order valence-corrected chi connectivity index (χ0v) is 14.8. The smallest absolute Gasteiger partial charge is 0.225 e. The Morgan fingerprint density at radius 3 is 2.96 bits per heavy atom. The van der Waals surface area contributed by atoms with Crippen LogP contribution in [0.5, 0.6) is 0 Å². The van der Waals surface area contributed by atoms with Crippen molar-refractivity contribution in [1.82, 2.24) is 14.3 Å². The molecular formula is C19H26N4O2. The molecule has 1 N–H and O–H groups in total. The van der Waals surface area contributed by atoms with Gasteiger partial charge in [0.25, 0.3) is 0 Å². The Balaban J connectivity index is 1.53. The van der Waals surface area contributed by atoms with Gasteiger partial charge in [-0.15, -0.1) is 0 Å². The number of aromatic nitrogens is 2. The number of hydrogen-bond donors (Lipinski definition) is 1. The summed E-state index contributed by atoms with van der Waals surface area (Å²) >= 11 is 0. The van der Waals surface area contributed by atoms with Gasteiger partial charge in [-0.25, -0.2) is 4.98 Å². The summed E-state index contributed by atoms with van der Waals surface area (Å²) < 4.78 is 7.51. The summed E-state index contributed by atoms with van der Waals surface area (Å²) in [6.07, 6.45) is 8.01. The average Bonchev–Trinajstić information content (AvgIpc) is 3.16. The van der Waals surface area contributed by atoms with Crippen LogP contribution in [0.2, 0.25) is 0 Å². The second-order valence-electron chi connectivity index (χ2n) is 7.08. The Bertz CT molecular complexity index is 751. The first-order valence-electron chi connectivity index (χ1n) is 9.28. The quantitative estimate of drug-likeness (QED) is 0.931. The number of carbonyl (C=O) groups excluding carboxylic acids is 1. The van der Waals surface area contributed by atoms with Crippen molar-refractivity contribution in [2.24, 2.45) is 5.92 Å². The normalized spacial score (nSPS) is 22.3. The van der Waals surface area contributed by atoms with E-state index in [0.29, 0.717) is 25.0 Å². The first-order valence-corrected chi connectivity index (χ1v) is 9.28. The van der Waals surface area contributed by atoms with Crippen LogP contribution in [-0.4, -0.2) is 53.5 Å². The lowest BCUT2D eigenvalue weighted by Crippen LogP contribution is -2.43. The SMILES string of the molecule is CNc1nc(C2CCCN(C(=O)C3CCOCC3)C2)cn2cccc12. The third kappa shape index (κ3) is 3.23. The maximum absolute atomic E-state index is 12.9. The molecule has 0 radical (unpaired) electrons. The summed E-state index contributed by atoms with van der Waals surface area (Å²) in [7, 11) is 1.90. The molecule has 0 spiro atoms. The maximum Gasteiger partial charge on any atom is 0.225 e. The topological polar surface area (TPSA) is 58.9 Å². The first kappa shape index (κ1) is 16.4. The van der Waals surface area contributed by atoms with Crippen molar-refractivity contribution in [2.75, 3.05) is 38.7 Å². The molecule has 2 aliphatic rings. The predicted octanol–water partition coefficient (Wildman–Crippen LogP) is 2.51. The molecule has 2 saturated heterocycles. The third-order valence-electron chi connectivity index (χ3n) is 5.49. The van der Waals surface area contributed by atoms with Crippen molar-refractivity contribution in [1.29, 1.82) is 0 Å². The zero-order chi connectivity index (χ0) is 17.2. The van der Waals surface area contributed by atoms with Crippen molar-refractivity contribution in [2.45, 2.75) is 31.6 Å². The van der Waals surface area contributed by atoms with E-state index in [9.17, 15) is 4.79 Å². The van der Waals surface area contributed by atoms with Gasteiger partial charge in [-0.1, -0.05) is 0 Å². The predicted molar refractivity (Wildman–Crippen MR) is 96.8 cm³/mol. The van der Waals surface area contributed by atoms with E-state index < -0.39 is 0 Å². The number of anilines is 1. The van der Waals surface area contributed by atoms with Gasteiger partial charge in [0.05, 0.1) is 11.2 Å². The molecule has 1 atom stereocenters. The molecule has 25 heavy (non-hydrogen) atoms. The first-order chi connectivity index (χ1) is 12.3. The number of hydrogen-bond acceptors (Lipinski definition) is 4. The van der Waals surface area contributed by atoms with Crippen LogP contribution in [0.25, 0.3) is 5.52 Å². The largest absolute Gasteiger partial charge is 0.381 e. The van der Waals surface area contributed by atoms with Gasteiger partial charge in [0.2, 0.25) is 5.91 Å². The highest BCUT2D eigenvalue weighted by Crippen LogP contribution is 2.29. The van der Waals surface area contributed by atoms with Crippen molar-refractivity contribution < 1.29 is 9.53 Å². The Kier molecular flexibility index (Phi) is 4.61. The number of ether oxygens (including phenoxy) is 1. The standard InChI is InChI=1S/C19H26N4O2/c1-20-18-17-5-3-8-22(17)13-16(21-18)15-4-2-9-23(12-15)19(24)14-6-10-25-11-7-14/h3,5,8,13-15H,2,4,6-7,9-12H2,1H3,(H,20,21). The van der Waals surface area contributed by atoms with Crippen LogP contribution in [0, 0.1) is 5.92 Å². The molecule has 0 saturated carbocycles. The van der Waals surface area contributed by atoms with Crippen LogP contribution in [0.4, 0.5) is 5.82 Å². The second kappa shape index (κ2) is 7.04. The van der Waals surface area contributed by atoms with Gasteiger partial charge in [0, 0.05) is 57.6 Å². The summed E-state index contributed by atoms with van der Waals surface area (Å²) in [5, 5.41) is 3.19. The maximum atomic E-state index is 12.9. The van der Waals surface area contributed by atoms with E-state index in [2.05, 4.69) is 33.1 Å². The fraction of sp³-hybridized carbons (Fsp3) is 0.579. The Labute approximate surface area is 148 Å². The van der Waals surface area contributed by atoms with Crippen LogP contribution < -0.4 is 5.32 Å². The van der Waals surface area contributed by atoms with E-state index >= 15 is 0 Å². The van der Waals surface area contributed by atoms with Crippen LogP contribution in [0.15, 0.2) is 24.5 Å². The molecule has 2 aliphatic heterocycles. The Hall–Kier alpha value is -2.08. The van der Waals surface area contributed by atoms with E-state index in [1.54, 1.807) is 0 Å². The van der Waals surface area contributed by atoms with E-state index in [0.717, 1.165) is 55.8 Å². The lowest BCUT2D eigenvalue weighted by Gasteiger charge is -2.35. The Morgan fingerprint density at radius 2 is 2.16 bits per heavy atom. The van der Waals surface area contributed by atoms with Gasteiger partial charge >= 0.3 is 0 Å². The number of carbonyl (C=O) groups is 1. The molecule has 1 unspecified atom stereocenters. The second-order valence-corrected chi connectivity index (χ2v) is 7.08. The summed E-state index contributed by atoms with van der Waals surface area (Å²) in [5.74, 6) is 1.65. The summed E-state index contributed by atoms with van der Waals surface area (Å²) in [6, 6.07) is 4.09. The molecule has 4 rings (SSSR count). The molecule has 1 amide bonds. The lowest BCUT2D eigenvalue weighted by molar-refractivity contribution is -0.139. The lowest BCUT2D eigenvalue weighted by atomic mass is 9.92. The number of fused-ring (bicyclic) bond motifs is 1. The molecule has 0 aliphatic carbocycles.